The summed E-state index contributed by atoms with van der Waals surface area (Å²) in [5.41, 5.74) is 3.56. The lowest BCUT2D eigenvalue weighted by molar-refractivity contribution is -0.232. The zero-order valence-corrected chi connectivity index (χ0v) is 18.5. The van der Waals surface area contributed by atoms with Crippen molar-refractivity contribution in [2.24, 2.45) is 0 Å². The van der Waals surface area contributed by atoms with Gasteiger partial charge in [-0.15, -0.1) is 0 Å². The van der Waals surface area contributed by atoms with Crippen molar-refractivity contribution in [3.05, 3.63) is 144 Å². The Kier molecular flexibility index (Phi) is 6.63. The molecule has 1 aliphatic heterocycles. The zero-order chi connectivity index (χ0) is 22.3. The van der Waals surface area contributed by atoms with Crippen LogP contribution >= 0.6 is 0 Å². The second-order valence-electron chi connectivity index (χ2n) is 8.25. The van der Waals surface area contributed by atoms with Gasteiger partial charge in [0.15, 0.2) is 6.29 Å². The molecule has 1 aliphatic rings. The molecule has 3 heteroatoms. The monoisotopic (exact) mass is 436 g/mol. The predicted molar refractivity (Wildman–Crippen MR) is 130 cm³/mol. The second-order valence-corrected chi connectivity index (χ2v) is 8.25. The Balaban J connectivity index is 1.49. The minimum absolute atomic E-state index is 0.0699. The summed E-state index contributed by atoms with van der Waals surface area (Å²) in [4.78, 5) is 0. The molecule has 1 fully saturated rings. The van der Waals surface area contributed by atoms with Crippen LogP contribution in [0.3, 0.4) is 0 Å². The van der Waals surface area contributed by atoms with Crippen molar-refractivity contribution >= 4 is 0 Å². The summed E-state index contributed by atoms with van der Waals surface area (Å²) in [5.74, 6) is 0. The van der Waals surface area contributed by atoms with E-state index in [0.29, 0.717) is 13.2 Å². The lowest BCUT2D eigenvalue weighted by Crippen LogP contribution is -2.38. The summed E-state index contributed by atoms with van der Waals surface area (Å²) >= 11 is 0. The van der Waals surface area contributed by atoms with Crippen molar-refractivity contribution in [1.29, 1.82) is 0 Å². The lowest BCUT2D eigenvalue weighted by Gasteiger charge is -2.38. The first-order valence-corrected chi connectivity index (χ1v) is 11.5. The van der Waals surface area contributed by atoms with E-state index in [-0.39, 0.29) is 12.4 Å². The van der Waals surface area contributed by atoms with Crippen LogP contribution in [0.15, 0.2) is 121 Å². The largest absolute Gasteiger partial charge is 0.358 e. The third-order valence-electron chi connectivity index (χ3n) is 6.12. The van der Waals surface area contributed by atoms with Crippen molar-refractivity contribution < 1.29 is 14.2 Å². The lowest BCUT2D eigenvalue weighted by atomic mass is 9.80. The molecule has 0 saturated carbocycles. The van der Waals surface area contributed by atoms with Crippen molar-refractivity contribution in [3.63, 3.8) is 0 Å². The molecule has 33 heavy (non-hydrogen) atoms. The molecular weight excluding hydrogens is 408 g/mol. The first-order chi connectivity index (χ1) is 16.4. The van der Waals surface area contributed by atoms with Gasteiger partial charge in [-0.3, -0.25) is 0 Å². The molecule has 1 heterocycles. The van der Waals surface area contributed by atoms with Crippen LogP contribution in [-0.2, 0) is 19.8 Å². The number of rotatable bonds is 7. The summed E-state index contributed by atoms with van der Waals surface area (Å²) < 4.78 is 19.2. The van der Waals surface area contributed by atoms with Gasteiger partial charge in [0.05, 0.1) is 19.3 Å². The zero-order valence-electron chi connectivity index (χ0n) is 18.5. The molecule has 0 spiro atoms. The highest BCUT2D eigenvalue weighted by Gasteiger charge is 2.39. The van der Waals surface area contributed by atoms with Crippen molar-refractivity contribution in [3.8, 4) is 0 Å². The highest BCUT2D eigenvalue weighted by molar-refractivity contribution is 5.47. The van der Waals surface area contributed by atoms with Crippen LogP contribution in [0, 0.1) is 0 Å². The van der Waals surface area contributed by atoms with Crippen LogP contribution in [0.2, 0.25) is 0 Å². The van der Waals surface area contributed by atoms with Gasteiger partial charge < -0.3 is 14.2 Å². The van der Waals surface area contributed by atoms with E-state index in [1.165, 1.54) is 0 Å². The SMILES string of the molecule is c1ccc([C@@H]2OCC[C@@H](COC(c3ccccc3)(c3ccccc3)c3ccccc3)O2)cc1. The Bertz CT molecular complexity index is 1020. The normalized spacial score (nSPS) is 18.7. The van der Waals surface area contributed by atoms with Gasteiger partial charge in [-0.05, 0) is 23.1 Å². The standard InChI is InChI=1S/C30H28O3/c1-5-13-24(14-6-1)29-31-22-21-28(33-29)23-32-30(25-15-7-2-8-16-25,26-17-9-3-10-18-26)27-19-11-4-12-20-27/h1-20,28-29H,21-23H2/t28-,29+/m0/s1. The fourth-order valence-electron chi connectivity index (χ4n) is 4.48. The molecule has 4 aromatic rings. The van der Waals surface area contributed by atoms with Crippen LogP contribution < -0.4 is 0 Å². The molecule has 0 amide bonds. The van der Waals surface area contributed by atoms with E-state index in [1.54, 1.807) is 0 Å². The molecule has 0 radical (unpaired) electrons. The van der Waals surface area contributed by atoms with Crippen molar-refractivity contribution in [1.82, 2.24) is 0 Å². The Labute approximate surface area is 195 Å². The minimum Gasteiger partial charge on any atom is -0.358 e. The Morgan fingerprint density at radius 2 is 1.09 bits per heavy atom. The number of benzene rings is 4. The Hall–Kier alpha value is -3.24. The smallest absolute Gasteiger partial charge is 0.184 e. The predicted octanol–water partition coefficient (Wildman–Crippen LogP) is 6.50. The van der Waals surface area contributed by atoms with Gasteiger partial charge in [0.1, 0.15) is 5.60 Å². The molecule has 2 atom stereocenters. The van der Waals surface area contributed by atoms with E-state index in [0.717, 1.165) is 28.7 Å². The fraction of sp³-hybridized carbons (Fsp3) is 0.200. The van der Waals surface area contributed by atoms with E-state index in [1.807, 2.05) is 48.5 Å². The second kappa shape index (κ2) is 10.1. The van der Waals surface area contributed by atoms with Crippen LogP contribution in [0.4, 0.5) is 0 Å². The van der Waals surface area contributed by atoms with Crippen LogP contribution in [0.5, 0.6) is 0 Å². The van der Waals surface area contributed by atoms with Gasteiger partial charge in [-0.25, -0.2) is 0 Å². The molecular formula is C30H28O3. The third-order valence-corrected chi connectivity index (χ3v) is 6.12. The average Bonchev–Trinajstić information content (AvgIpc) is 2.92. The maximum atomic E-state index is 6.93. The van der Waals surface area contributed by atoms with E-state index < -0.39 is 5.60 Å². The Morgan fingerprint density at radius 1 is 0.636 bits per heavy atom. The first-order valence-electron chi connectivity index (χ1n) is 11.5. The fourth-order valence-corrected chi connectivity index (χ4v) is 4.48. The molecule has 166 valence electrons. The quantitative estimate of drug-likeness (QED) is 0.310. The van der Waals surface area contributed by atoms with Gasteiger partial charge in [0.25, 0.3) is 0 Å². The van der Waals surface area contributed by atoms with E-state index in [9.17, 15) is 0 Å². The Morgan fingerprint density at radius 3 is 1.58 bits per heavy atom. The molecule has 0 unspecified atom stereocenters. The highest BCUT2D eigenvalue weighted by Crippen LogP contribution is 2.41. The maximum absolute atomic E-state index is 6.93. The van der Waals surface area contributed by atoms with Gasteiger partial charge in [-0.1, -0.05) is 121 Å². The summed E-state index contributed by atoms with van der Waals surface area (Å²) in [6.07, 6.45) is 0.352. The van der Waals surface area contributed by atoms with Crippen LogP contribution in [-0.4, -0.2) is 19.3 Å². The van der Waals surface area contributed by atoms with Crippen molar-refractivity contribution in [2.75, 3.05) is 13.2 Å². The molecule has 0 aliphatic carbocycles. The van der Waals surface area contributed by atoms with Gasteiger partial charge in [-0.2, -0.15) is 0 Å². The van der Waals surface area contributed by atoms with Gasteiger partial charge >= 0.3 is 0 Å². The summed E-state index contributed by atoms with van der Waals surface area (Å²) in [6.45, 7) is 1.09. The number of hydrogen-bond acceptors (Lipinski definition) is 3. The van der Waals surface area contributed by atoms with Crippen molar-refractivity contribution in [2.45, 2.75) is 24.4 Å². The topological polar surface area (TPSA) is 27.7 Å². The third kappa shape index (κ3) is 4.62. The van der Waals surface area contributed by atoms with Gasteiger partial charge in [0.2, 0.25) is 0 Å². The summed E-state index contributed by atoms with van der Waals surface area (Å²) in [7, 11) is 0. The van der Waals surface area contributed by atoms with E-state index in [2.05, 4.69) is 72.8 Å². The molecule has 5 rings (SSSR count). The molecule has 1 saturated heterocycles. The van der Waals surface area contributed by atoms with E-state index >= 15 is 0 Å². The first kappa shape index (κ1) is 21.6. The van der Waals surface area contributed by atoms with Crippen LogP contribution in [0.25, 0.3) is 0 Å². The molecule has 0 N–H and O–H groups in total. The molecule has 3 nitrogen and oxygen atoms in total. The minimum atomic E-state index is -0.742. The molecule has 0 bridgehead atoms. The number of hydrogen-bond donors (Lipinski definition) is 0. The van der Waals surface area contributed by atoms with Gasteiger partial charge in [0, 0.05) is 5.56 Å². The maximum Gasteiger partial charge on any atom is 0.184 e. The molecule has 4 aromatic carbocycles. The van der Waals surface area contributed by atoms with Crippen LogP contribution in [0.1, 0.15) is 35.0 Å². The molecule has 0 aromatic heterocycles. The average molecular weight is 437 g/mol. The highest BCUT2D eigenvalue weighted by atomic mass is 16.7. The van der Waals surface area contributed by atoms with E-state index in [4.69, 9.17) is 14.2 Å². The summed E-state index contributed by atoms with van der Waals surface area (Å²) in [5, 5.41) is 0. The number of ether oxygens (including phenoxy) is 3. The summed E-state index contributed by atoms with van der Waals surface area (Å²) in [6, 6.07) is 41.4.